The van der Waals surface area contributed by atoms with Gasteiger partial charge in [0.25, 0.3) is 5.91 Å². The maximum Gasteiger partial charge on any atom is 0.272 e. The van der Waals surface area contributed by atoms with Crippen LogP contribution in [-0.2, 0) is 0 Å². The van der Waals surface area contributed by atoms with Gasteiger partial charge in [0.1, 0.15) is 11.4 Å². The number of hydrogen-bond donors (Lipinski definition) is 2. The highest BCUT2D eigenvalue weighted by molar-refractivity contribution is 6.32. The first-order valence-corrected chi connectivity index (χ1v) is 6.80. The number of carbonyl (C=O) groups excluding carboxylic acids is 1. The number of H-pyrrole nitrogens is 1. The molecule has 0 aliphatic rings. The molecule has 1 aromatic carbocycles. The third-order valence-corrected chi connectivity index (χ3v) is 2.86. The summed E-state index contributed by atoms with van der Waals surface area (Å²) in [5, 5.41) is 3.06. The van der Waals surface area contributed by atoms with Crippen LogP contribution >= 0.6 is 11.6 Å². The molecule has 0 saturated carbocycles. The Labute approximate surface area is 126 Å². The zero-order chi connectivity index (χ0) is 15.4. The van der Waals surface area contributed by atoms with Crippen molar-refractivity contribution in [3.63, 3.8) is 0 Å². The summed E-state index contributed by atoms with van der Waals surface area (Å²) in [6.45, 7) is 3.80. The maximum absolute atomic E-state index is 12.0. The molecule has 21 heavy (non-hydrogen) atoms. The van der Waals surface area contributed by atoms with Crippen LogP contribution in [-0.4, -0.2) is 17.0 Å². The molecule has 2 N–H and O–H groups in total. The first kappa shape index (κ1) is 15.1. The van der Waals surface area contributed by atoms with E-state index in [2.05, 4.69) is 10.3 Å². The van der Waals surface area contributed by atoms with Crippen molar-refractivity contribution >= 4 is 23.2 Å². The molecule has 0 spiro atoms. The highest BCUT2D eigenvalue weighted by atomic mass is 35.5. The van der Waals surface area contributed by atoms with E-state index in [9.17, 15) is 9.59 Å². The van der Waals surface area contributed by atoms with Gasteiger partial charge >= 0.3 is 0 Å². The molecule has 1 aromatic heterocycles. The van der Waals surface area contributed by atoms with Crippen LogP contribution < -0.4 is 15.6 Å². The predicted molar refractivity (Wildman–Crippen MR) is 82.2 cm³/mol. The van der Waals surface area contributed by atoms with Crippen molar-refractivity contribution < 1.29 is 9.53 Å². The summed E-state index contributed by atoms with van der Waals surface area (Å²) < 4.78 is 5.51. The van der Waals surface area contributed by atoms with Crippen LogP contribution in [0.15, 0.2) is 41.2 Å². The van der Waals surface area contributed by atoms with E-state index in [1.807, 2.05) is 13.8 Å². The molecule has 0 unspecified atom stereocenters. The molecule has 0 aliphatic carbocycles. The average Bonchev–Trinajstić information content (AvgIpc) is 2.41. The summed E-state index contributed by atoms with van der Waals surface area (Å²) in [6.07, 6.45) is 0.0114. The molecule has 1 heterocycles. The lowest BCUT2D eigenvalue weighted by atomic mass is 10.2. The van der Waals surface area contributed by atoms with E-state index in [1.165, 1.54) is 18.2 Å². The van der Waals surface area contributed by atoms with Crippen LogP contribution in [0.4, 0.5) is 5.69 Å². The standard InChI is InChI=1S/C15H15ClN2O3/c1-9(2)21-13-7-6-10(8-11(13)16)17-15(20)12-4-3-5-14(19)18-12/h3-9H,1-2H3,(H,17,20)(H,18,19). The molecule has 110 valence electrons. The van der Waals surface area contributed by atoms with E-state index in [0.717, 1.165) is 0 Å². The third-order valence-electron chi connectivity index (χ3n) is 2.57. The fraction of sp³-hybridized carbons (Fsp3) is 0.200. The number of hydrogen-bond acceptors (Lipinski definition) is 3. The number of aromatic amines is 1. The molecule has 0 fully saturated rings. The van der Waals surface area contributed by atoms with Crippen LogP contribution in [0.5, 0.6) is 5.75 Å². The summed E-state index contributed by atoms with van der Waals surface area (Å²) in [7, 11) is 0. The molecule has 6 heteroatoms. The Kier molecular flexibility index (Phi) is 4.65. The topological polar surface area (TPSA) is 71.2 Å². The number of carbonyl (C=O) groups is 1. The minimum absolute atomic E-state index is 0.0114. The Morgan fingerprint density at radius 2 is 2.05 bits per heavy atom. The molecule has 0 radical (unpaired) electrons. The van der Waals surface area contributed by atoms with E-state index in [1.54, 1.807) is 18.2 Å². The Balaban J connectivity index is 2.15. The van der Waals surface area contributed by atoms with E-state index in [0.29, 0.717) is 16.5 Å². The van der Waals surface area contributed by atoms with Crippen molar-refractivity contribution in [3.8, 4) is 5.75 Å². The number of aromatic nitrogens is 1. The predicted octanol–water partition coefficient (Wildman–Crippen LogP) is 3.07. The molecule has 2 aromatic rings. The average molecular weight is 307 g/mol. The number of anilines is 1. The quantitative estimate of drug-likeness (QED) is 0.912. The molecule has 0 bridgehead atoms. The molecular weight excluding hydrogens is 292 g/mol. The van der Waals surface area contributed by atoms with Crippen molar-refractivity contribution in [3.05, 3.63) is 57.5 Å². The molecule has 2 rings (SSSR count). The number of nitrogens with one attached hydrogen (secondary N) is 2. The van der Waals surface area contributed by atoms with Gasteiger partial charge in [-0.2, -0.15) is 0 Å². The Hall–Kier alpha value is -2.27. The van der Waals surface area contributed by atoms with Crippen molar-refractivity contribution in [2.24, 2.45) is 0 Å². The van der Waals surface area contributed by atoms with E-state index in [4.69, 9.17) is 16.3 Å². The molecule has 0 atom stereocenters. The number of benzene rings is 1. The normalized spacial score (nSPS) is 10.5. The highest BCUT2D eigenvalue weighted by Crippen LogP contribution is 2.28. The second-order valence-electron chi connectivity index (χ2n) is 4.69. The Morgan fingerprint density at radius 3 is 2.67 bits per heavy atom. The second kappa shape index (κ2) is 6.45. The van der Waals surface area contributed by atoms with Gasteiger partial charge in [0.05, 0.1) is 11.1 Å². The van der Waals surface area contributed by atoms with Crippen LogP contribution in [0.2, 0.25) is 5.02 Å². The van der Waals surface area contributed by atoms with Gasteiger partial charge < -0.3 is 15.0 Å². The largest absolute Gasteiger partial charge is 0.489 e. The maximum atomic E-state index is 12.0. The first-order valence-electron chi connectivity index (χ1n) is 6.42. The van der Waals surface area contributed by atoms with Crippen LogP contribution in [0.1, 0.15) is 24.3 Å². The minimum atomic E-state index is -0.415. The van der Waals surface area contributed by atoms with Gasteiger partial charge in [0, 0.05) is 11.8 Å². The lowest BCUT2D eigenvalue weighted by molar-refractivity contribution is 0.102. The Morgan fingerprint density at radius 1 is 1.29 bits per heavy atom. The number of pyridine rings is 1. The number of rotatable bonds is 4. The molecular formula is C15H15ClN2O3. The van der Waals surface area contributed by atoms with Gasteiger partial charge in [-0.3, -0.25) is 9.59 Å². The van der Waals surface area contributed by atoms with Gasteiger partial charge in [-0.15, -0.1) is 0 Å². The van der Waals surface area contributed by atoms with Crippen molar-refractivity contribution in [1.82, 2.24) is 4.98 Å². The summed E-state index contributed by atoms with van der Waals surface area (Å²) in [5.41, 5.74) is 0.369. The van der Waals surface area contributed by atoms with E-state index >= 15 is 0 Å². The van der Waals surface area contributed by atoms with E-state index < -0.39 is 5.91 Å². The second-order valence-corrected chi connectivity index (χ2v) is 5.10. The smallest absolute Gasteiger partial charge is 0.272 e. The van der Waals surface area contributed by atoms with Crippen LogP contribution in [0.25, 0.3) is 0 Å². The monoisotopic (exact) mass is 306 g/mol. The Bertz CT molecular complexity index is 710. The third kappa shape index (κ3) is 4.10. The molecule has 5 nitrogen and oxygen atoms in total. The van der Waals surface area contributed by atoms with Gasteiger partial charge in [0.15, 0.2) is 0 Å². The molecule has 0 saturated heterocycles. The zero-order valence-electron chi connectivity index (χ0n) is 11.6. The SMILES string of the molecule is CC(C)Oc1ccc(NC(=O)c2cccc(=O)[nH]2)cc1Cl. The molecule has 1 amide bonds. The minimum Gasteiger partial charge on any atom is -0.489 e. The number of ether oxygens (including phenoxy) is 1. The van der Waals surface area contributed by atoms with E-state index in [-0.39, 0.29) is 17.4 Å². The lowest BCUT2D eigenvalue weighted by Gasteiger charge is -2.12. The molecule has 0 aliphatic heterocycles. The lowest BCUT2D eigenvalue weighted by Crippen LogP contribution is -2.17. The summed E-state index contributed by atoms with van der Waals surface area (Å²) in [5.74, 6) is 0.138. The summed E-state index contributed by atoms with van der Waals surface area (Å²) in [4.78, 5) is 25.6. The highest BCUT2D eigenvalue weighted by Gasteiger charge is 2.09. The first-order chi connectivity index (χ1) is 9.95. The fourth-order valence-corrected chi connectivity index (χ4v) is 1.93. The van der Waals surface area contributed by atoms with Crippen molar-refractivity contribution in [2.75, 3.05) is 5.32 Å². The number of amides is 1. The van der Waals surface area contributed by atoms with Crippen molar-refractivity contribution in [1.29, 1.82) is 0 Å². The van der Waals surface area contributed by atoms with Gasteiger partial charge in [-0.25, -0.2) is 0 Å². The van der Waals surface area contributed by atoms with Gasteiger partial charge in [-0.1, -0.05) is 17.7 Å². The van der Waals surface area contributed by atoms with Gasteiger partial charge in [-0.05, 0) is 38.1 Å². The fourth-order valence-electron chi connectivity index (χ4n) is 1.71. The zero-order valence-corrected chi connectivity index (χ0v) is 12.4. The van der Waals surface area contributed by atoms with Crippen LogP contribution in [0, 0.1) is 0 Å². The van der Waals surface area contributed by atoms with Crippen LogP contribution in [0.3, 0.4) is 0 Å². The summed E-state index contributed by atoms with van der Waals surface area (Å²) >= 11 is 6.09. The summed E-state index contributed by atoms with van der Waals surface area (Å²) in [6, 6.07) is 9.34. The van der Waals surface area contributed by atoms with Gasteiger partial charge in [0.2, 0.25) is 5.56 Å². The number of halogens is 1. The van der Waals surface area contributed by atoms with Crippen molar-refractivity contribution in [2.45, 2.75) is 20.0 Å².